The van der Waals surface area contributed by atoms with Gasteiger partial charge < -0.3 is 19.1 Å². The number of hydrogen-bond donors (Lipinski definition) is 1. The fraction of sp³-hybridized carbons (Fsp3) is 0.651. The number of esters is 1. The number of allylic oxidation sites excluding steroid dienone is 1. The molecule has 1 saturated heterocycles. The van der Waals surface area contributed by atoms with Crippen LogP contribution >= 0.6 is 0 Å². The molecule has 2 amide bonds. The van der Waals surface area contributed by atoms with Crippen molar-refractivity contribution >= 4 is 44.4 Å². The monoisotopic (exact) mass is 793 g/mol. The maximum absolute atomic E-state index is 14.9. The first kappa shape index (κ1) is 41.6. The number of nitrogens with one attached hydrogen (secondary N) is 1. The third-order valence-electron chi connectivity index (χ3n) is 12.6. The van der Waals surface area contributed by atoms with Gasteiger partial charge in [-0.25, -0.2) is 13.4 Å². The number of sulfonamides is 1. The Morgan fingerprint density at radius 3 is 2.45 bits per heavy atom. The topological polar surface area (TPSA) is 158 Å². The van der Waals surface area contributed by atoms with Gasteiger partial charge in [0.1, 0.15) is 18.0 Å². The normalized spacial score (nSPS) is 28.4. The summed E-state index contributed by atoms with van der Waals surface area (Å²) >= 11 is 0. The summed E-state index contributed by atoms with van der Waals surface area (Å²) < 4.78 is 45.9. The number of ketones is 1. The number of methoxy groups -OCH3 is 1. The zero-order valence-corrected chi connectivity index (χ0v) is 34.7. The Kier molecular flexibility index (Phi) is 12.0. The first-order chi connectivity index (χ1) is 26.4. The lowest BCUT2D eigenvalue weighted by Crippen LogP contribution is -2.49. The first-order valence-electron chi connectivity index (χ1n) is 20.2. The van der Waals surface area contributed by atoms with Gasteiger partial charge in [-0.1, -0.05) is 54.0 Å². The minimum Gasteiger partial charge on any atom is -0.497 e. The Labute approximate surface area is 331 Å². The molecule has 1 aliphatic heterocycles. The molecule has 8 atom stereocenters. The zero-order chi connectivity index (χ0) is 40.7. The van der Waals surface area contributed by atoms with Gasteiger partial charge in [-0.3, -0.25) is 23.9 Å². The van der Waals surface area contributed by atoms with E-state index in [-0.39, 0.29) is 55.9 Å². The van der Waals surface area contributed by atoms with Gasteiger partial charge in [0.15, 0.2) is 5.78 Å². The van der Waals surface area contributed by atoms with E-state index in [2.05, 4.69) is 37.1 Å². The summed E-state index contributed by atoms with van der Waals surface area (Å²) in [5, 5.41) is 0.959. The van der Waals surface area contributed by atoms with Crippen LogP contribution < -0.4 is 14.2 Å². The third-order valence-corrected chi connectivity index (χ3v) is 14.5. The number of carbonyl (C=O) groups is 4. The number of benzene rings is 1. The van der Waals surface area contributed by atoms with Gasteiger partial charge >= 0.3 is 5.97 Å². The molecule has 4 aliphatic rings. The highest BCUT2D eigenvalue weighted by Gasteiger charge is 2.61. The van der Waals surface area contributed by atoms with Gasteiger partial charge in [0.25, 0.3) is 0 Å². The van der Waals surface area contributed by atoms with Crippen molar-refractivity contribution in [2.45, 2.75) is 123 Å². The highest BCUT2D eigenvalue weighted by Crippen LogP contribution is 2.57. The van der Waals surface area contributed by atoms with Gasteiger partial charge in [0.05, 0.1) is 42.7 Å². The van der Waals surface area contributed by atoms with Crippen LogP contribution in [0.25, 0.3) is 10.8 Å². The quantitative estimate of drug-likeness (QED) is 0.158. The molecule has 3 aliphatic carbocycles. The first-order valence-corrected chi connectivity index (χ1v) is 21.7. The van der Waals surface area contributed by atoms with Crippen LogP contribution in [-0.2, 0) is 33.9 Å². The second-order valence-corrected chi connectivity index (χ2v) is 20.1. The van der Waals surface area contributed by atoms with E-state index < -0.39 is 62.0 Å². The summed E-state index contributed by atoms with van der Waals surface area (Å²) in [5.74, 6) is -1.11. The molecule has 0 bridgehead atoms. The molecule has 4 fully saturated rings. The fourth-order valence-electron chi connectivity index (χ4n) is 8.84. The molecule has 56 heavy (non-hydrogen) atoms. The largest absolute Gasteiger partial charge is 0.497 e. The van der Waals surface area contributed by atoms with E-state index in [1.165, 1.54) is 4.90 Å². The number of Topliss-reactive ketones (excluding diaryl/α,β-unsaturated/α-hetero) is 1. The molecule has 6 rings (SSSR count). The highest BCUT2D eigenvalue weighted by molar-refractivity contribution is 7.90. The van der Waals surface area contributed by atoms with Gasteiger partial charge in [-0.2, -0.15) is 0 Å². The molecule has 0 spiro atoms. The number of pyridine rings is 1. The highest BCUT2D eigenvalue weighted by atomic mass is 32.2. The Bertz CT molecular complexity index is 1950. The van der Waals surface area contributed by atoms with E-state index in [9.17, 15) is 27.6 Å². The van der Waals surface area contributed by atoms with Crippen LogP contribution in [0.3, 0.4) is 0 Å². The van der Waals surface area contributed by atoms with Crippen molar-refractivity contribution in [1.82, 2.24) is 14.6 Å². The van der Waals surface area contributed by atoms with Crippen molar-refractivity contribution in [3.05, 3.63) is 43.1 Å². The second kappa shape index (κ2) is 16.1. The number of ether oxygens (including phenoxy) is 3. The Morgan fingerprint density at radius 2 is 1.82 bits per heavy atom. The van der Waals surface area contributed by atoms with Crippen LogP contribution in [0.2, 0.25) is 0 Å². The average molecular weight is 794 g/mol. The lowest BCUT2D eigenvalue weighted by molar-refractivity contribution is -0.161. The molecule has 1 N–H and O–H groups in total. The fourth-order valence-corrected chi connectivity index (χ4v) is 10.2. The lowest BCUT2D eigenvalue weighted by atomic mass is 9.75. The molecule has 1 unspecified atom stereocenters. The molecular weight excluding hydrogens is 735 g/mol. The van der Waals surface area contributed by atoms with Crippen molar-refractivity contribution in [2.75, 3.05) is 13.7 Å². The van der Waals surface area contributed by atoms with E-state index >= 15 is 0 Å². The maximum atomic E-state index is 14.9. The number of aromatic nitrogens is 1. The Hall–Kier alpha value is -4.00. The number of fused-ring (bicyclic) bond motifs is 1. The number of hydrogen-bond acceptors (Lipinski definition) is 10. The number of likely N-dealkylation sites (tertiary alicyclic amines) is 1. The van der Waals surface area contributed by atoms with Gasteiger partial charge in [-0.05, 0) is 90.8 Å². The van der Waals surface area contributed by atoms with E-state index in [0.29, 0.717) is 36.3 Å². The van der Waals surface area contributed by atoms with Crippen LogP contribution in [0.15, 0.2) is 43.1 Å². The molecule has 3 saturated carbocycles. The molecule has 2 heterocycles. The van der Waals surface area contributed by atoms with Crippen molar-refractivity contribution in [3.8, 4) is 11.6 Å². The number of rotatable bonds is 15. The van der Waals surface area contributed by atoms with Crippen molar-refractivity contribution in [2.24, 2.45) is 40.4 Å². The molecule has 306 valence electrons. The molecule has 0 radical (unpaired) electrons. The zero-order valence-electron chi connectivity index (χ0n) is 33.9. The predicted molar refractivity (Wildman–Crippen MR) is 212 cm³/mol. The minimum atomic E-state index is -3.86. The molecule has 12 nitrogen and oxygen atoms in total. The standard InChI is InChI=1S/C43H59N3O9S/c1-9-28-22-43(28,41(50)45-56(51,52)31-12-13-31)23-36(47)35-20-30(54-39-33-15-11-29(53-8)19-27(33)16-17-44-39)24-46(35)40(49)34(42(5,6)7)21-38(48)55-37-18-26(4)10-14-32(37)25(2)3/h9,11,15-17,19,25-26,28,30-32,34-35,37H,1,10,12-14,18,20-24H2,2-8H3,(H,45,50)/t26-,28+,30?,32+,34+,35-,37-,43+/m0/s1. The number of amides is 2. The van der Waals surface area contributed by atoms with Crippen LogP contribution in [0.4, 0.5) is 0 Å². The SMILES string of the molecule is C=C[C@@H]1C[C@]1(CC(=O)[C@@H]1CC(Oc2nccc3cc(OC)ccc23)CN1C(=O)[C@@H](CC(=O)O[C@H]1C[C@@H](C)CC[C@@H]1C(C)C)C(C)(C)C)C(=O)NS(=O)(=O)C1CC1. The lowest BCUT2D eigenvalue weighted by Gasteiger charge is -2.38. The third kappa shape index (κ3) is 8.92. The summed E-state index contributed by atoms with van der Waals surface area (Å²) in [5.41, 5.74) is -1.97. The number of carbonyl (C=O) groups excluding carboxylic acids is 4. The summed E-state index contributed by atoms with van der Waals surface area (Å²) in [6.45, 7) is 16.0. The van der Waals surface area contributed by atoms with Crippen LogP contribution in [0.5, 0.6) is 11.6 Å². The van der Waals surface area contributed by atoms with E-state index in [1.807, 2.05) is 39.0 Å². The van der Waals surface area contributed by atoms with Crippen LogP contribution in [0.1, 0.15) is 99.3 Å². The van der Waals surface area contributed by atoms with Crippen LogP contribution in [0, 0.1) is 40.4 Å². The van der Waals surface area contributed by atoms with Crippen molar-refractivity contribution < 1.29 is 41.8 Å². The maximum Gasteiger partial charge on any atom is 0.306 e. The van der Waals surface area contributed by atoms with Crippen LogP contribution in [-0.4, -0.2) is 79.0 Å². The number of nitrogens with zero attached hydrogens (tertiary/aromatic N) is 2. The predicted octanol–water partition coefficient (Wildman–Crippen LogP) is 6.41. The summed E-state index contributed by atoms with van der Waals surface area (Å²) in [7, 11) is -2.27. The van der Waals surface area contributed by atoms with Crippen molar-refractivity contribution in [3.63, 3.8) is 0 Å². The second-order valence-electron chi connectivity index (χ2n) is 18.2. The van der Waals surface area contributed by atoms with E-state index in [4.69, 9.17) is 14.2 Å². The molecule has 13 heteroatoms. The van der Waals surface area contributed by atoms with Gasteiger partial charge in [0, 0.05) is 24.4 Å². The molecule has 2 aromatic rings. The molecular formula is C43H59N3O9S. The summed E-state index contributed by atoms with van der Waals surface area (Å²) in [4.78, 5) is 62.8. The molecule has 1 aromatic carbocycles. The molecule has 1 aromatic heterocycles. The van der Waals surface area contributed by atoms with E-state index in [0.717, 1.165) is 30.0 Å². The minimum absolute atomic E-state index is 0.0425. The Balaban J connectivity index is 1.27. The van der Waals surface area contributed by atoms with Gasteiger partial charge in [-0.15, -0.1) is 6.58 Å². The smallest absolute Gasteiger partial charge is 0.306 e. The Morgan fingerprint density at radius 1 is 1.09 bits per heavy atom. The van der Waals surface area contributed by atoms with E-state index in [1.54, 1.807) is 25.4 Å². The average Bonchev–Trinajstić information content (AvgIpc) is 4.06. The van der Waals surface area contributed by atoms with Gasteiger partial charge in [0.2, 0.25) is 27.7 Å². The summed E-state index contributed by atoms with van der Waals surface area (Å²) in [6.07, 6.45) is 6.11. The summed E-state index contributed by atoms with van der Waals surface area (Å²) in [6, 6.07) is 6.35. The van der Waals surface area contributed by atoms with Crippen molar-refractivity contribution in [1.29, 1.82) is 0 Å².